The van der Waals surface area contributed by atoms with Crippen LogP contribution in [0.3, 0.4) is 0 Å². The van der Waals surface area contributed by atoms with Gasteiger partial charge in [-0.1, -0.05) is 0 Å². The molecule has 0 bridgehead atoms. The third-order valence-corrected chi connectivity index (χ3v) is 3.97. The second-order valence-corrected chi connectivity index (χ2v) is 5.61. The van der Waals surface area contributed by atoms with Crippen LogP contribution in [0.2, 0.25) is 0 Å². The van der Waals surface area contributed by atoms with E-state index in [0.717, 1.165) is 0 Å². The number of rotatable bonds is 4. The van der Waals surface area contributed by atoms with Crippen molar-refractivity contribution in [2.75, 3.05) is 10.5 Å². The van der Waals surface area contributed by atoms with E-state index in [-0.39, 0.29) is 16.1 Å². The van der Waals surface area contributed by atoms with E-state index in [1.165, 1.54) is 42.7 Å². The highest BCUT2D eigenvalue weighted by atomic mass is 32.2. The molecule has 0 unspecified atom stereocenters. The van der Waals surface area contributed by atoms with Crippen LogP contribution >= 0.6 is 0 Å². The molecule has 0 fully saturated rings. The number of pyridine rings is 1. The number of primary amides is 1. The molecule has 7 nitrogen and oxygen atoms in total. The van der Waals surface area contributed by atoms with E-state index in [4.69, 9.17) is 11.5 Å². The minimum Gasteiger partial charge on any atom is -0.398 e. The van der Waals surface area contributed by atoms with E-state index in [2.05, 4.69) is 9.71 Å². The van der Waals surface area contributed by atoms with Crippen LogP contribution < -0.4 is 16.2 Å². The summed E-state index contributed by atoms with van der Waals surface area (Å²) >= 11 is 0. The number of sulfonamides is 1. The number of nitrogens with two attached hydrogens (primary N) is 2. The predicted octanol–water partition coefficient (Wildman–Crippen LogP) is 0.563. The Hall–Kier alpha value is -2.61. The fraction of sp³-hybridized carbons (Fsp3) is 0. The van der Waals surface area contributed by atoms with E-state index in [1.807, 2.05) is 0 Å². The van der Waals surface area contributed by atoms with Crippen molar-refractivity contribution in [3.8, 4) is 0 Å². The fourth-order valence-corrected chi connectivity index (χ4v) is 2.75. The van der Waals surface area contributed by atoms with Crippen molar-refractivity contribution < 1.29 is 13.2 Å². The summed E-state index contributed by atoms with van der Waals surface area (Å²) in [6.07, 6.45) is 2.91. The number of nitrogen functional groups attached to an aromatic ring is 1. The summed E-state index contributed by atoms with van der Waals surface area (Å²) in [5, 5.41) is 0. The van der Waals surface area contributed by atoms with Crippen LogP contribution in [0.1, 0.15) is 10.4 Å². The predicted molar refractivity (Wildman–Crippen MR) is 74.4 cm³/mol. The average Bonchev–Trinajstić information content (AvgIpc) is 2.38. The molecule has 0 spiro atoms. The molecule has 2 rings (SSSR count). The van der Waals surface area contributed by atoms with Crippen molar-refractivity contribution in [2.45, 2.75) is 4.90 Å². The van der Waals surface area contributed by atoms with Gasteiger partial charge in [-0.25, -0.2) is 8.42 Å². The minimum absolute atomic E-state index is 0.0529. The Morgan fingerprint density at radius 3 is 2.35 bits per heavy atom. The third kappa shape index (κ3) is 2.86. The van der Waals surface area contributed by atoms with Gasteiger partial charge in [-0.05, 0) is 30.3 Å². The lowest BCUT2D eigenvalue weighted by molar-refractivity contribution is 0.1000. The van der Waals surface area contributed by atoms with Gasteiger partial charge in [0.05, 0.1) is 11.4 Å². The summed E-state index contributed by atoms with van der Waals surface area (Å²) in [7, 11) is -3.84. The fourth-order valence-electron chi connectivity index (χ4n) is 1.58. The Morgan fingerprint density at radius 1 is 1.15 bits per heavy atom. The first kappa shape index (κ1) is 13.8. The lowest BCUT2D eigenvalue weighted by Crippen LogP contribution is -2.16. The van der Waals surface area contributed by atoms with Crippen LogP contribution in [0.4, 0.5) is 11.4 Å². The Balaban J connectivity index is 2.37. The SMILES string of the molecule is NC(=O)c1ccc(S(=O)(=O)Nc2ccncc2)c(N)c1. The van der Waals surface area contributed by atoms with Crippen molar-refractivity contribution in [1.82, 2.24) is 4.98 Å². The van der Waals surface area contributed by atoms with Crippen molar-refractivity contribution in [3.05, 3.63) is 48.3 Å². The van der Waals surface area contributed by atoms with Gasteiger partial charge in [0, 0.05) is 18.0 Å². The highest BCUT2D eigenvalue weighted by Crippen LogP contribution is 2.22. The monoisotopic (exact) mass is 292 g/mol. The lowest BCUT2D eigenvalue weighted by Gasteiger charge is -2.10. The van der Waals surface area contributed by atoms with Gasteiger partial charge in [-0.3, -0.25) is 14.5 Å². The molecule has 2 aromatic rings. The van der Waals surface area contributed by atoms with Gasteiger partial charge in [0.1, 0.15) is 4.90 Å². The molecule has 0 aliphatic rings. The number of anilines is 2. The smallest absolute Gasteiger partial charge is 0.263 e. The Morgan fingerprint density at radius 2 is 1.80 bits per heavy atom. The largest absolute Gasteiger partial charge is 0.398 e. The molecule has 1 amide bonds. The summed E-state index contributed by atoms with van der Waals surface area (Å²) in [6, 6.07) is 6.78. The van der Waals surface area contributed by atoms with Gasteiger partial charge in [0.15, 0.2) is 0 Å². The highest BCUT2D eigenvalue weighted by molar-refractivity contribution is 7.92. The lowest BCUT2D eigenvalue weighted by atomic mass is 10.2. The van der Waals surface area contributed by atoms with Crippen molar-refractivity contribution >= 4 is 27.3 Å². The average molecular weight is 292 g/mol. The van der Waals surface area contributed by atoms with Crippen LogP contribution in [0, 0.1) is 0 Å². The topological polar surface area (TPSA) is 128 Å². The number of nitrogens with zero attached hydrogens (tertiary/aromatic N) is 1. The van der Waals surface area contributed by atoms with Crippen LogP contribution in [-0.2, 0) is 10.0 Å². The zero-order valence-corrected chi connectivity index (χ0v) is 11.1. The number of carbonyl (C=O) groups excluding carboxylic acids is 1. The Kier molecular flexibility index (Phi) is 3.57. The molecule has 8 heteroatoms. The molecule has 0 saturated carbocycles. The van der Waals surface area contributed by atoms with Crippen LogP contribution in [0.15, 0.2) is 47.6 Å². The van der Waals surface area contributed by atoms with E-state index in [1.54, 1.807) is 0 Å². The second-order valence-electron chi connectivity index (χ2n) is 3.96. The number of hydrogen-bond donors (Lipinski definition) is 3. The molecule has 5 N–H and O–H groups in total. The summed E-state index contributed by atoms with van der Waals surface area (Å²) in [4.78, 5) is 14.7. The summed E-state index contributed by atoms with van der Waals surface area (Å²) in [5.74, 6) is -0.678. The first-order chi connectivity index (χ1) is 9.40. The summed E-state index contributed by atoms with van der Waals surface area (Å²) in [6.45, 7) is 0. The molecule has 1 aromatic carbocycles. The van der Waals surface area contributed by atoms with Gasteiger partial charge < -0.3 is 11.5 Å². The second kappa shape index (κ2) is 5.17. The van der Waals surface area contributed by atoms with Crippen LogP contribution in [0.5, 0.6) is 0 Å². The molecular weight excluding hydrogens is 280 g/mol. The summed E-state index contributed by atoms with van der Waals surface area (Å²) < 4.78 is 26.7. The van der Waals surface area contributed by atoms with E-state index in [0.29, 0.717) is 5.69 Å². The van der Waals surface area contributed by atoms with Gasteiger partial charge in [-0.2, -0.15) is 0 Å². The normalized spacial score (nSPS) is 11.0. The number of carbonyl (C=O) groups is 1. The van der Waals surface area contributed by atoms with Crippen LogP contribution in [0.25, 0.3) is 0 Å². The van der Waals surface area contributed by atoms with Crippen molar-refractivity contribution in [3.63, 3.8) is 0 Å². The highest BCUT2D eigenvalue weighted by Gasteiger charge is 2.18. The summed E-state index contributed by atoms with van der Waals surface area (Å²) in [5.41, 5.74) is 11.2. The molecule has 1 aromatic heterocycles. The maximum absolute atomic E-state index is 12.2. The molecule has 0 aliphatic carbocycles. The first-order valence-electron chi connectivity index (χ1n) is 5.52. The zero-order valence-electron chi connectivity index (χ0n) is 10.3. The molecule has 1 heterocycles. The molecule has 0 radical (unpaired) electrons. The molecule has 20 heavy (non-hydrogen) atoms. The number of aromatic nitrogens is 1. The Bertz CT molecular complexity index is 745. The number of benzene rings is 1. The van der Waals surface area contributed by atoms with Crippen molar-refractivity contribution in [1.29, 1.82) is 0 Å². The zero-order chi connectivity index (χ0) is 14.8. The molecule has 0 aliphatic heterocycles. The first-order valence-corrected chi connectivity index (χ1v) is 7.00. The van der Waals surface area contributed by atoms with E-state index >= 15 is 0 Å². The number of amides is 1. The van der Waals surface area contributed by atoms with Gasteiger partial charge in [-0.15, -0.1) is 0 Å². The molecule has 0 saturated heterocycles. The Labute approximate surface area is 115 Å². The maximum Gasteiger partial charge on any atom is 0.263 e. The van der Waals surface area contributed by atoms with Crippen molar-refractivity contribution in [2.24, 2.45) is 5.73 Å². The van der Waals surface area contributed by atoms with E-state index in [9.17, 15) is 13.2 Å². The minimum atomic E-state index is -3.84. The number of hydrogen-bond acceptors (Lipinski definition) is 5. The molecule has 0 atom stereocenters. The third-order valence-electron chi connectivity index (χ3n) is 2.52. The van der Waals surface area contributed by atoms with Gasteiger partial charge in [0.25, 0.3) is 10.0 Å². The van der Waals surface area contributed by atoms with Gasteiger partial charge in [0.2, 0.25) is 5.91 Å². The standard InChI is InChI=1S/C12H12N4O3S/c13-10-7-8(12(14)17)1-2-11(10)20(18,19)16-9-3-5-15-6-4-9/h1-7H,13H2,(H2,14,17)(H,15,16). The molecular formula is C12H12N4O3S. The molecule has 104 valence electrons. The quantitative estimate of drug-likeness (QED) is 0.709. The van der Waals surface area contributed by atoms with E-state index < -0.39 is 15.9 Å². The van der Waals surface area contributed by atoms with Crippen LogP contribution in [-0.4, -0.2) is 19.3 Å². The number of nitrogens with one attached hydrogen (secondary N) is 1. The van der Waals surface area contributed by atoms with Gasteiger partial charge >= 0.3 is 0 Å². The maximum atomic E-state index is 12.2.